The molecule has 9 heteroatoms. The lowest BCUT2D eigenvalue weighted by Gasteiger charge is -2.18. The fraction of sp³-hybridized carbons (Fsp3) is 0.467. The second-order valence-electron chi connectivity index (χ2n) is 5.60. The SMILES string of the molecule is CO[C@@H]1CN(Cc2cc(F)ccc2OC(F)F)C[C@H]1c1cn[nH]n1. The maximum Gasteiger partial charge on any atom is 0.387 e. The molecule has 0 radical (unpaired) electrons. The highest BCUT2D eigenvalue weighted by Crippen LogP contribution is 2.31. The highest BCUT2D eigenvalue weighted by molar-refractivity contribution is 5.34. The van der Waals surface area contributed by atoms with Crippen LogP contribution in [0.5, 0.6) is 5.75 Å². The van der Waals surface area contributed by atoms with Crippen molar-refractivity contribution in [3.8, 4) is 5.75 Å². The number of likely N-dealkylation sites (tertiary alicyclic amines) is 1. The molecule has 3 rings (SSSR count). The molecule has 0 spiro atoms. The Labute approximate surface area is 136 Å². The fourth-order valence-corrected chi connectivity index (χ4v) is 3.02. The summed E-state index contributed by atoms with van der Waals surface area (Å²) in [6.45, 7) is -1.52. The van der Waals surface area contributed by atoms with Gasteiger partial charge < -0.3 is 9.47 Å². The Kier molecular flexibility index (Phi) is 5.00. The molecule has 0 bridgehead atoms. The molecule has 0 aliphatic carbocycles. The molecule has 0 amide bonds. The summed E-state index contributed by atoms with van der Waals surface area (Å²) in [5, 5.41) is 10.4. The Morgan fingerprint density at radius 1 is 1.38 bits per heavy atom. The van der Waals surface area contributed by atoms with Gasteiger partial charge >= 0.3 is 6.61 Å². The third kappa shape index (κ3) is 3.68. The predicted molar refractivity (Wildman–Crippen MR) is 78.2 cm³/mol. The van der Waals surface area contributed by atoms with Crippen molar-refractivity contribution in [1.29, 1.82) is 0 Å². The van der Waals surface area contributed by atoms with Crippen LogP contribution in [0.1, 0.15) is 17.2 Å². The molecule has 1 aromatic carbocycles. The van der Waals surface area contributed by atoms with E-state index < -0.39 is 12.4 Å². The lowest BCUT2D eigenvalue weighted by molar-refractivity contribution is -0.0508. The first-order valence-corrected chi connectivity index (χ1v) is 7.41. The van der Waals surface area contributed by atoms with Gasteiger partial charge in [0, 0.05) is 38.2 Å². The molecule has 24 heavy (non-hydrogen) atoms. The molecule has 6 nitrogen and oxygen atoms in total. The molecule has 0 saturated carbocycles. The van der Waals surface area contributed by atoms with E-state index in [9.17, 15) is 13.2 Å². The van der Waals surface area contributed by atoms with E-state index in [1.807, 2.05) is 4.90 Å². The number of rotatable bonds is 6. The number of halogens is 3. The van der Waals surface area contributed by atoms with E-state index in [0.717, 1.165) is 11.8 Å². The van der Waals surface area contributed by atoms with Crippen LogP contribution in [0.25, 0.3) is 0 Å². The molecule has 1 aliphatic heterocycles. The molecule has 1 aromatic heterocycles. The quantitative estimate of drug-likeness (QED) is 0.872. The number of nitrogens with one attached hydrogen (secondary N) is 1. The monoisotopic (exact) mass is 342 g/mol. The van der Waals surface area contributed by atoms with E-state index in [0.29, 0.717) is 18.7 Å². The number of hydrogen-bond acceptors (Lipinski definition) is 5. The maximum absolute atomic E-state index is 13.5. The van der Waals surface area contributed by atoms with Gasteiger partial charge in [0.1, 0.15) is 11.6 Å². The number of methoxy groups -OCH3 is 1. The average Bonchev–Trinajstić information content (AvgIpc) is 3.18. The van der Waals surface area contributed by atoms with E-state index in [2.05, 4.69) is 20.1 Å². The van der Waals surface area contributed by atoms with E-state index >= 15 is 0 Å². The number of nitrogens with zero attached hydrogens (tertiary/aromatic N) is 3. The second kappa shape index (κ2) is 7.18. The molecule has 130 valence electrons. The number of aromatic amines is 1. The van der Waals surface area contributed by atoms with Crippen LogP contribution >= 0.6 is 0 Å². The van der Waals surface area contributed by atoms with Crippen molar-refractivity contribution in [3.05, 3.63) is 41.5 Å². The second-order valence-corrected chi connectivity index (χ2v) is 5.60. The van der Waals surface area contributed by atoms with Gasteiger partial charge in [0.05, 0.1) is 18.0 Å². The van der Waals surface area contributed by atoms with Gasteiger partial charge in [0.2, 0.25) is 0 Å². The summed E-state index contributed by atoms with van der Waals surface area (Å²) in [7, 11) is 1.61. The van der Waals surface area contributed by atoms with Crippen molar-refractivity contribution in [3.63, 3.8) is 0 Å². The van der Waals surface area contributed by atoms with Crippen LogP contribution < -0.4 is 4.74 Å². The largest absolute Gasteiger partial charge is 0.434 e. The fourth-order valence-electron chi connectivity index (χ4n) is 3.02. The molecule has 1 aliphatic rings. The van der Waals surface area contributed by atoms with E-state index in [1.54, 1.807) is 13.3 Å². The van der Waals surface area contributed by atoms with Gasteiger partial charge in [-0.05, 0) is 18.2 Å². The number of hydrogen-bond donors (Lipinski definition) is 1. The summed E-state index contributed by atoms with van der Waals surface area (Å²) in [4.78, 5) is 1.99. The molecule has 2 aromatic rings. The minimum Gasteiger partial charge on any atom is -0.434 e. The van der Waals surface area contributed by atoms with Gasteiger partial charge in [0.25, 0.3) is 0 Å². The Hall–Kier alpha value is -2.13. The standard InChI is InChI=1S/C15H17F3N4O2/c1-23-14-8-22(7-11(14)12-5-19-21-20-12)6-9-4-10(16)2-3-13(9)24-15(17)18/h2-5,11,14-15H,6-8H2,1H3,(H,19,20,21)/t11-,14+/m0/s1. The van der Waals surface area contributed by atoms with Crippen LogP contribution in [0.4, 0.5) is 13.2 Å². The van der Waals surface area contributed by atoms with Crippen LogP contribution in [-0.2, 0) is 11.3 Å². The highest BCUT2D eigenvalue weighted by atomic mass is 19.3. The third-order valence-corrected chi connectivity index (χ3v) is 4.09. The van der Waals surface area contributed by atoms with Crippen molar-refractivity contribution in [1.82, 2.24) is 20.3 Å². The smallest absolute Gasteiger partial charge is 0.387 e. The van der Waals surface area contributed by atoms with E-state index in [-0.39, 0.29) is 24.3 Å². The minimum absolute atomic E-state index is 0.00164. The van der Waals surface area contributed by atoms with Crippen LogP contribution in [0, 0.1) is 5.82 Å². The zero-order valence-corrected chi connectivity index (χ0v) is 13.0. The van der Waals surface area contributed by atoms with E-state index in [1.165, 1.54) is 12.1 Å². The minimum atomic E-state index is -2.96. The van der Waals surface area contributed by atoms with Crippen molar-refractivity contribution in [2.24, 2.45) is 0 Å². The Morgan fingerprint density at radius 2 is 2.21 bits per heavy atom. The first-order chi connectivity index (χ1) is 11.6. The molecule has 2 heterocycles. The zero-order valence-electron chi connectivity index (χ0n) is 13.0. The Balaban J connectivity index is 1.76. The topological polar surface area (TPSA) is 63.3 Å². The Bertz CT molecular complexity index is 669. The van der Waals surface area contributed by atoms with Gasteiger partial charge in [-0.1, -0.05) is 0 Å². The first-order valence-electron chi connectivity index (χ1n) is 7.41. The summed E-state index contributed by atoms with van der Waals surface area (Å²) in [6.07, 6.45) is 1.52. The van der Waals surface area contributed by atoms with Crippen LogP contribution in [0.2, 0.25) is 0 Å². The third-order valence-electron chi connectivity index (χ3n) is 4.09. The molecule has 1 N–H and O–H groups in total. The van der Waals surface area contributed by atoms with Crippen molar-refractivity contribution >= 4 is 0 Å². The van der Waals surface area contributed by atoms with Gasteiger partial charge in [-0.15, -0.1) is 0 Å². The molecular formula is C15H17F3N4O2. The van der Waals surface area contributed by atoms with Gasteiger partial charge in [-0.3, -0.25) is 4.90 Å². The summed E-state index contributed by atoms with van der Waals surface area (Å²) < 4.78 is 48.5. The summed E-state index contributed by atoms with van der Waals surface area (Å²) in [5.41, 5.74) is 1.14. The molecule has 1 saturated heterocycles. The zero-order chi connectivity index (χ0) is 17.1. The lowest BCUT2D eigenvalue weighted by atomic mass is 10.0. The summed E-state index contributed by atoms with van der Waals surface area (Å²) in [5.74, 6) is -0.519. The highest BCUT2D eigenvalue weighted by Gasteiger charge is 2.35. The number of aromatic nitrogens is 3. The van der Waals surface area contributed by atoms with Crippen molar-refractivity contribution in [2.45, 2.75) is 25.2 Å². The van der Waals surface area contributed by atoms with Gasteiger partial charge in [0.15, 0.2) is 0 Å². The van der Waals surface area contributed by atoms with Gasteiger partial charge in [-0.25, -0.2) is 4.39 Å². The van der Waals surface area contributed by atoms with Crippen LogP contribution in [-0.4, -0.2) is 53.2 Å². The number of benzene rings is 1. The van der Waals surface area contributed by atoms with Crippen molar-refractivity contribution < 1.29 is 22.6 Å². The van der Waals surface area contributed by atoms with Gasteiger partial charge in [-0.2, -0.15) is 24.2 Å². The summed E-state index contributed by atoms with van der Waals surface area (Å²) >= 11 is 0. The number of H-pyrrole nitrogens is 1. The molecular weight excluding hydrogens is 325 g/mol. The van der Waals surface area contributed by atoms with Crippen LogP contribution in [0.15, 0.2) is 24.4 Å². The summed E-state index contributed by atoms with van der Waals surface area (Å²) in [6, 6.07) is 3.53. The van der Waals surface area contributed by atoms with E-state index in [4.69, 9.17) is 4.74 Å². The normalized spacial score (nSPS) is 21.5. The van der Waals surface area contributed by atoms with Crippen molar-refractivity contribution in [2.75, 3.05) is 20.2 Å². The predicted octanol–water partition coefficient (Wildman–Crippen LogP) is 2.16. The molecule has 1 fully saturated rings. The average molecular weight is 342 g/mol. The lowest BCUT2D eigenvalue weighted by Crippen LogP contribution is -2.23. The molecule has 0 unspecified atom stereocenters. The Morgan fingerprint density at radius 3 is 2.88 bits per heavy atom. The molecule has 2 atom stereocenters. The number of ether oxygens (including phenoxy) is 2. The van der Waals surface area contributed by atoms with Crippen LogP contribution in [0.3, 0.4) is 0 Å². The maximum atomic E-state index is 13.5. The number of alkyl halides is 2. The first kappa shape index (κ1) is 16.7.